The molecule has 0 radical (unpaired) electrons. The molecule has 1 aliphatic rings. The van der Waals surface area contributed by atoms with Gasteiger partial charge in [-0.15, -0.1) is 0 Å². The number of nitrogens with zero attached hydrogens (tertiary/aromatic N) is 3. The second-order valence-corrected chi connectivity index (χ2v) is 5.32. The van der Waals surface area contributed by atoms with Gasteiger partial charge in [0.1, 0.15) is 5.82 Å². The molecule has 0 spiro atoms. The number of aryl methyl sites for hydroxylation is 1. The Kier molecular flexibility index (Phi) is 2.54. The second kappa shape index (κ2) is 3.59. The lowest BCUT2D eigenvalue weighted by Crippen LogP contribution is -2.17. The van der Waals surface area contributed by atoms with E-state index in [9.17, 15) is 0 Å². The molecule has 1 aliphatic heterocycles. The molecular weight excluding hydrogens is 188 g/mol. The number of nitrogens with one attached hydrogen (secondary N) is 1. The van der Waals surface area contributed by atoms with Crippen molar-refractivity contribution in [1.29, 1.82) is 0 Å². The highest BCUT2D eigenvalue weighted by atomic mass is 15.3. The van der Waals surface area contributed by atoms with Crippen LogP contribution in [0.25, 0.3) is 0 Å². The highest BCUT2D eigenvalue weighted by Gasteiger charge is 2.26. The van der Waals surface area contributed by atoms with Crippen LogP contribution in [0.3, 0.4) is 0 Å². The Morgan fingerprint density at radius 2 is 2.13 bits per heavy atom. The molecule has 1 saturated heterocycles. The minimum atomic E-state index is 0.0363. The Morgan fingerprint density at radius 1 is 1.40 bits per heavy atom. The summed E-state index contributed by atoms with van der Waals surface area (Å²) < 4.78 is 1.92. The van der Waals surface area contributed by atoms with Crippen LogP contribution in [0.2, 0.25) is 0 Å². The number of hydrogen-bond acceptors (Lipinski definition) is 3. The maximum absolute atomic E-state index is 4.65. The summed E-state index contributed by atoms with van der Waals surface area (Å²) in [5.41, 5.74) is 0.0363. The van der Waals surface area contributed by atoms with Crippen molar-refractivity contribution in [2.45, 2.75) is 45.1 Å². The van der Waals surface area contributed by atoms with Crippen molar-refractivity contribution in [1.82, 2.24) is 20.1 Å². The molecule has 0 aromatic carbocycles. The van der Waals surface area contributed by atoms with Crippen molar-refractivity contribution >= 4 is 0 Å². The first kappa shape index (κ1) is 10.6. The molecule has 4 heteroatoms. The second-order valence-electron chi connectivity index (χ2n) is 5.32. The van der Waals surface area contributed by atoms with Gasteiger partial charge in [-0.25, -0.2) is 4.98 Å². The molecule has 15 heavy (non-hydrogen) atoms. The molecule has 1 fully saturated rings. The first-order valence-electron chi connectivity index (χ1n) is 5.63. The van der Waals surface area contributed by atoms with E-state index in [4.69, 9.17) is 0 Å². The zero-order valence-corrected chi connectivity index (χ0v) is 10.0. The van der Waals surface area contributed by atoms with E-state index in [1.54, 1.807) is 0 Å². The van der Waals surface area contributed by atoms with Gasteiger partial charge in [0.15, 0.2) is 5.82 Å². The van der Waals surface area contributed by atoms with Crippen LogP contribution in [0.1, 0.15) is 51.3 Å². The Hall–Kier alpha value is -0.900. The van der Waals surface area contributed by atoms with Crippen LogP contribution in [-0.2, 0) is 12.5 Å². The smallest absolute Gasteiger partial charge is 0.156 e. The molecule has 84 valence electrons. The van der Waals surface area contributed by atoms with Crippen LogP contribution in [-0.4, -0.2) is 21.3 Å². The Morgan fingerprint density at radius 3 is 2.60 bits per heavy atom. The summed E-state index contributed by atoms with van der Waals surface area (Å²) >= 11 is 0. The van der Waals surface area contributed by atoms with Gasteiger partial charge in [-0.2, -0.15) is 5.10 Å². The van der Waals surface area contributed by atoms with Crippen molar-refractivity contribution in [3.63, 3.8) is 0 Å². The Balaban J connectivity index is 2.29. The normalized spacial score (nSPS) is 22.3. The quantitative estimate of drug-likeness (QED) is 0.761. The van der Waals surface area contributed by atoms with Gasteiger partial charge >= 0.3 is 0 Å². The van der Waals surface area contributed by atoms with Gasteiger partial charge in [0, 0.05) is 12.5 Å². The van der Waals surface area contributed by atoms with Crippen LogP contribution in [0.4, 0.5) is 0 Å². The van der Waals surface area contributed by atoms with E-state index in [2.05, 4.69) is 36.2 Å². The lowest BCUT2D eigenvalue weighted by atomic mass is 9.96. The summed E-state index contributed by atoms with van der Waals surface area (Å²) in [6.07, 6.45) is 2.42. The van der Waals surface area contributed by atoms with E-state index in [1.165, 1.54) is 12.8 Å². The molecule has 0 bridgehead atoms. The fourth-order valence-corrected chi connectivity index (χ4v) is 1.92. The summed E-state index contributed by atoms with van der Waals surface area (Å²) in [4.78, 5) is 4.65. The van der Waals surface area contributed by atoms with E-state index in [1.807, 2.05) is 11.7 Å². The van der Waals surface area contributed by atoms with Gasteiger partial charge in [-0.05, 0) is 19.4 Å². The minimum Gasteiger partial charge on any atom is -0.307 e. The first-order chi connectivity index (χ1) is 6.98. The van der Waals surface area contributed by atoms with E-state index in [-0.39, 0.29) is 5.41 Å². The standard InChI is InChI=1S/C11H20N4/c1-11(2,3)10-13-9(15(4)14-10)8-6-5-7-12-8/h8,12H,5-7H2,1-4H3. The fourth-order valence-electron chi connectivity index (χ4n) is 1.92. The van der Waals surface area contributed by atoms with E-state index >= 15 is 0 Å². The van der Waals surface area contributed by atoms with Crippen molar-refractivity contribution in [2.24, 2.45) is 7.05 Å². The summed E-state index contributed by atoms with van der Waals surface area (Å²) in [5.74, 6) is 2.02. The maximum atomic E-state index is 4.65. The molecule has 0 saturated carbocycles. The van der Waals surface area contributed by atoms with Crippen molar-refractivity contribution < 1.29 is 0 Å². The predicted octanol–water partition coefficient (Wildman–Crippen LogP) is 1.54. The summed E-state index contributed by atoms with van der Waals surface area (Å²) in [6, 6.07) is 0.401. The lowest BCUT2D eigenvalue weighted by Gasteiger charge is -2.12. The van der Waals surface area contributed by atoms with Crippen LogP contribution in [0.15, 0.2) is 0 Å². The third-order valence-electron chi connectivity index (χ3n) is 2.84. The largest absolute Gasteiger partial charge is 0.307 e. The molecule has 0 amide bonds. The van der Waals surface area contributed by atoms with Gasteiger partial charge < -0.3 is 5.32 Å². The Bertz CT molecular complexity index is 342. The van der Waals surface area contributed by atoms with Crippen molar-refractivity contribution in [2.75, 3.05) is 6.54 Å². The molecule has 4 nitrogen and oxygen atoms in total. The average Bonchev–Trinajstić information content (AvgIpc) is 2.69. The van der Waals surface area contributed by atoms with Gasteiger partial charge in [0.2, 0.25) is 0 Å². The molecule has 1 aromatic heterocycles. The van der Waals surface area contributed by atoms with Crippen LogP contribution >= 0.6 is 0 Å². The number of rotatable bonds is 1. The zero-order chi connectivity index (χ0) is 11.1. The lowest BCUT2D eigenvalue weighted by molar-refractivity contribution is 0.537. The zero-order valence-electron chi connectivity index (χ0n) is 10.0. The molecule has 1 atom stereocenters. The third kappa shape index (κ3) is 2.04. The van der Waals surface area contributed by atoms with Gasteiger partial charge in [-0.3, -0.25) is 4.68 Å². The minimum absolute atomic E-state index is 0.0363. The molecular formula is C11H20N4. The molecule has 1 N–H and O–H groups in total. The van der Waals surface area contributed by atoms with Gasteiger partial charge in [0.05, 0.1) is 6.04 Å². The summed E-state index contributed by atoms with van der Waals surface area (Å²) in [6.45, 7) is 7.54. The summed E-state index contributed by atoms with van der Waals surface area (Å²) in [7, 11) is 1.98. The van der Waals surface area contributed by atoms with Crippen molar-refractivity contribution in [3.05, 3.63) is 11.6 Å². The third-order valence-corrected chi connectivity index (χ3v) is 2.84. The monoisotopic (exact) mass is 208 g/mol. The van der Waals surface area contributed by atoms with Gasteiger partial charge in [-0.1, -0.05) is 20.8 Å². The van der Waals surface area contributed by atoms with E-state index in [0.29, 0.717) is 6.04 Å². The Labute approximate surface area is 91.1 Å². The number of aromatic nitrogens is 3. The average molecular weight is 208 g/mol. The topological polar surface area (TPSA) is 42.7 Å². The maximum Gasteiger partial charge on any atom is 0.156 e. The highest BCUT2D eigenvalue weighted by molar-refractivity contribution is 5.07. The van der Waals surface area contributed by atoms with E-state index in [0.717, 1.165) is 18.2 Å². The molecule has 0 aliphatic carbocycles. The van der Waals surface area contributed by atoms with Gasteiger partial charge in [0.25, 0.3) is 0 Å². The van der Waals surface area contributed by atoms with Crippen LogP contribution < -0.4 is 5.32 Å². The van der Waals surface area contributed by atoms with Crippen LogP contribution in [0.5, 0.6) is 0 Å². The molecule has 2 heterocycles. The number of hydrogen-bond donors (Lipinski definition) is 1. The predicted molar refractivity (Wildman–Crippen MR) is 59.7 cm³/mol. The summed E-state index contributed by atoms with van der Waals surface area (Å²) in [5, 5.41) is 7.95. The van der Waals surface area contributed by atoms with Crippen molar-refractivity contribution in [3.8, 4) is 0 Å². The van der Waals surface area contributed by atoms with Crippen LogP contribution in [0, 0.1) is 0 Å². The fraction of sp³-hybridized carbons (Fsp3) is 0.818. The molecule has 1 unspecified atom stereocenters. The molecule has 2 rings (SSSR count). The highest BCUT2D eigenvalue weighted by Crippen LogP contribution is 2.24. The SMILES string of the molecule is Cn1nc(C(C)(C)C)nc1C1CCCN1. The first-order valence-corrected chi connectivity index (χ1v) is 5.63. The van der Waals surface area contributed by atoms with E-state index < -0.39 is 0 Å². The molecule has 1 aromatic rings.